The molecule has 2 N–H and O–H groups in total. The lowest BCUT2D eigenvalue weighted by Crippen LogP contribution is -2.28. The molecule has 1 aliphatic rings. The number of fused-ring (bicyclic) bond motifs is 1. The highest BCUT2D eigenvalue weighted by atomic mass is 16.3. The summed E-state index contributed by atoms with van der Waals surface area (Å²) >= 11 is 0. The zero-order chi connectivity index (χ0) is 10.7. The molecule has 0 heterocycles. The van der Waals surface area contributed by atoms with Crippen LogP contribution in [-0.2, 0) is 0 Å². The van der Waals surface area contributed by atoms with E-state index in [1.807, 2.05) is 0 Å². The van der Waals surface area contributed by atoms with Crippen LogP contribution >= 0.6 is 0 Å². The molecule has 0 aromatic heterocycles. The van der Waals surface area contributed by atoms with Gasteiger partial charge in [0.1, 0.15) is 0 Å². The number of nitrogens with one attached hydrogen (secondary N) is 1. The van der Waals surface area contributed by atoms with Gasteiger partial charge in [-0.1, -0.05) is 31.2 Å². The molecule has 2 nitrogen and oxygen atoms in total. The maximum absolute atomic E-state index is 8.83. The minimum Gasteiger partial charge on any atom is -0.395 e. The van der Waals surface area contributed by atoms with Crippen molar-refractivity contribution in [3.8, 4) is 0 Å². The Morgan fingerprint density at radius 1 is 1.27 bits per heavy atom. The molecule has 15 heavy (non-hydrogen) atoms. The Morgan fingerprint density at radius 3 is 2.73 bits per heavy atom. The van der Waals surface area contributed by atoms with Gasteiger partial charge in [0.15, 0.2) is 0 Å². The van der Waals surface area contributed by atoms with E-state index in [2.05, 4.69) is 36.5 Å². The van der Waals surface area contributed by atoms with Gasteiger partial charge in [0.25, 0.3) is 0 Å². The van der Waals surface area contributed by atoms with Crippen LogP contribution in [0.3, 0.4) is 0 Å². The third-order valence-corrected chi connectivity index (χ3v) is 3.29. The molecule has 2 rings (SSSR count). The molecule has 1 aromatic rings. The number of aliphatic hydroxyl groups is 1. The third kappa shape index (κ3) is 2.21. The van der Waals surface area contributed by atoms with Crippen LogP contribution in [0.5, 0.6) is 0 Å². The van der Waals surface area contributed by atoms with Crippen molar-refractivity contribution in [3.05, 3.63) is 35.4 Å². The van der Waals surface area contributed by atoms with E-state index in [1.165, 1.54) is 24.0 Å². The van der Waals surface area contributed by atoms with Crippen LogP contribution in [0, 0.1) is 0 Å². The van der Waals surface area contributed by atoms with E-state index >= 15 is 0 Å². The van der Waals surface area contributed by atoms with E-state index in [-0.39, 0.29) is 6.61 Å². The summed E-state index contributed by atoms with van der Waals surface area (Å²) in [6, 6.07) is 9.09. The summed E-state index contributed by atoms with van der Waals surface area (Å²) in [5.74, 6) is 0.674. The average Bonchev–Trinajstić information content (AvgIpc) is 2.29. The van der Waals surface area contributed by atoms with Gasteiger partial charge in [0.05, 0.1) is 6.61 Å². The first-order valence-electron chi connectivity index (χ1n) is 5.76. The Balaban J connectivity index is 2.20. The Hall–Kier alpha value is -0.860. The molecule has 2 atom stereocenters. The predicted molar refractivity (Wildman–Crippen MR) is 61.9 cm³/mol. The summed E-state index contributed by atoms with van der Waals surface area (Å²) in [5, 5.41) is 12.2. The minimum atomic E-state index is 0.216. The molecule has 0 unspecified atom stereocenters. The molecule has 0 fully saturated rings. The summed E-state index contributed by atoms with van der Waals surface area (Å²) in [5.41, 5.74) is 2.89. The normalized spacial score (nSPS) is 24.9. The van der Waals surface area contributed by atoms with Gasteiger partial charge in [-0.3, -0.25) is 0 Å². The standard InChI is InChI=1S/C13H19NO/c1-10-6-7-13(14-8-9-15)12-5-3-2-4-11(10)12/h2-5,10,13-15H,6-9H2,1H3/t10-,13-/m0/s1. The van der Waals surface area contributed by atoms with E-state index in [0.29, 0.717) is 18.5 Å². The van der Waals surface area contributed by atoms with Crippen molar-refractivity contribution in [1.29, 1.82) is 0 Å². The van der Waals surface area contributed by atoms with Gasteiger partial charge in [0, 0.05) is 12.6 Å². The van der Waals surface area contributed by atoms with E-state index in [1.54, 1.807) is 0 Å². The highest BCUT2D eigenvalue weighted by Gasteiger charge is 2.23. The molecule has 2 heteroatoms. The second-order valence-corrected chi connectivity index (χ2v) is 4.34. The van der Waals surface area contributed by atoms with Crippen LogP contribution in [0.25, 0.3) is 0 Å². The lowest BCUT2D eigenvalue weighted by Gasteiger charge is -2.30. The smallest absolute Gasteiger partial charge is 0.0556 e. The topological polar surface area (TPSA) is 32.3 Å². The number of hydrogen-bond donors (Lipinski definition) is 2. The molecule has 0 amide bonds. The zero-order valence-corrected chi connectivity index (χ0v) is 9.24. The number of hydrogen-bond acceptors (Lipinski definition) is 2. The number of rotatable bonds is 3. The quantitative estimate of drug-likeness (QED) is 0.793. The molecule has 1 aliphatic carbocycles. The third-order valence-electron chi connectivity index (χ3n) is 3.29. The summed E-state index contributed by atoms with van der Waals surface area (Å²) in [4.78, 5) is 0. The van der Waals surface area contributed by atoms with Crippen molar-refractivity contribution in [2.75, 3.05) is 13.2 Å². The molecular weight excluding hydrogens is 186 g/mol. The summed E-state index contributed by atoms with van der Waals surface area (Å²) < 4.78 is 0. The Kier molecular flexibility index (Phi) is 3.39. The van der Waals surface area contributed by atoms with Crippen molar-refractivity contribution in [2.24, 2.45) is 0 Å². The molecule has 82 valence electrons. The average molecular weight is 205 g/mol. The van der Waals surface area contributed by atoms with E-state index in [0.717, 1.165) is 0 Å². The van der Waals surface area contributed by atoms with Crippen molar-refractivity contribution in [2.45, 2.75) is 31.7 Å². The van der Waals surface area contributed by atoms with Crippen molar-refractivity contribution < 1.29 is 5.11 Å². The fourth-order valence-electron chi connectivity index (χ4n) is 2.46. The Labute approximate surface area is 91.3 Å². The zero-order valence-electron chi connectivity index (χ0n) is 9.24. The maximum atomic E-state index is 8.83. The first-order chi connectivity index (χ1) is 7.33. The van der Waals surface area contributed by atoms with E-state index < -0.39 is 0 Å². The summed E-state index contributed by atoms with van der Waals surface area (Å²) in [7, 11) is 0. The van der Waals surface area contributed by atoms with Crippen LogP contribution in [-0.4, -0.2) is 18.3 Å². The van der Waals surface area contributed by atoms with Crippen molar-refractivity contribution >= 4 is 0 Å². The largest absolute Gasteiger partial charge is 0.395 e. The van der Waals surface area contributed by atoms with Gasteiger partial charge in [-0.05, 0) is 29.9 Å². The molecule has 0 aliphatic heterocycles. The van der Waals surface area contributed by atoms with Crippen LogP contribution in [0.2, 0.25) is 0 Å². The first kappa shape index (κ1) is 10.7. The molecule has 0 bridgehead atoms. The van der Waals surface area contributed by atoms with Gasteiger partial charge in [-0.2, -0.15) is 0 Å². The van der Waals surface area contributed by atoms with Crippen molar-refractivity contribution in [1.82, 2.24) is 5.32 Å². The molecule has 0 saturated heterocycles. The number of aliphatic hydroxyl groups excluding tert-OH is 1. The Bertz CT molecular complexity index is 324. The highest BCUT2D eigenvalue weighted by Crippen LogP contribution is 2.36. The van der Waals surface area contributed by atoms with Crippen LogP contribution < -0.4 is 5.32 Å². The second kappa shape index (κ2) is 4.77. The SMILES string of the molecule is C[C@H]1CC[C@H](NCCO)c2ccccc21. The molecule has 0 spiro atoms. The highest BCUT2D eigenvalue weighted by molar-refractivity contribution is 5.34. The second-order valence-electron chi connectivity index (χ2n) is 4.34. The molecule has 1 aromatic carbocycles. The van der Waals surface area contributed by atoms with Crippen molar-refractivity contribution in [3.63, 3.8) is 0 Å². The number of benzene rings is 1. The van der Waals surface area contributed by atoms with Gasteiger partial charge in [0.2, 0.25) is 0 Å². The van der Waals surface area contributed by atoms with Gasteiger partial charge in [-0.15, -0.1) is 0 Å². The summed E-state index contributed by atoms with van der Waals surface area (Å²) in [6.07, 6.45) is 2.41. The van der Waals surface area contributed by atoms with Crippen LogP contribution in [0.15, 0.2) is 24.3 Å². The predicted octanol–water partition coefficient (Wildman–Crippen LogP) is 2.21. The Morgan fingerprint density at radius 2 is 2.00 bits per heavy atom. The van der Waals surface area contributed by atoms with E-state index in [4.69, 9.17) is 5.11 Å². The van der Waals surface area contributed by atoms with Gasteiger partial charge >= 0.3 is 0 Å². The van der Waals surface area contributed by atoms with Crippen LogP contribution in [0.1, 0.15) is 42.9 Å². The first-order valence-corrected chi connectivity index (χ1v) is 5.76. The lowest BCUT2D eigenvalue weighted by atomic mass is 9.81. The monoisotopic (exact) mass is 205 g/mol. The lowest BCUT2D eigenvalue weighted by molar-refractivity contribution is 0.279. The van der Waals surface area contributed by atoms with Gasteiger partial charge in [-0.25, -0.2) is 0 Å². The molecular formula is C13H19NO. The van der Waals surface area contributed by atoms with Crippen LogP contribution in [0.4, 0.5) is 0 Å². The summed E-state index contributed by atoms with van der Waals surface area (Å²) in [6.45, 7) is 3.20. The molecule has 0 saturated carbocycles. The van der Waals surface area contributed by atoms with Gasteiger partial charge < -0.3 is 10.4 Å². The molecule has 0 radical (unpaired) electrons. The minimum absolute atomic E-state index is 0.216. The fraction of sp³-hybridized carbons (Fsp3) is 0.538. The maximum Gasteiger partial charge on any atom is 0.0556 e. The van der Waals surface area contributed by atoms with E-state index in [9.17, 15) is 0 Å². The fourth-order valence-corrected chi connectivity index (χ4v) is 2.46.